The SMILES string of the molecule is NC(C(=O)O)c1cc(Br)cc2c1OCOC2. The minimum atomic E-state index is -1.09. The van der Waals surface area contributed by atoms with Crippen molar-refractivity contribution >= 4 is 21.9 Å². The van der Waals surface area contributed by atoms with Crippen molar-refractivity contribution in [3.05, 3.63) is 27.7 Å². The van der Waals surface area contributed by atoms with E-state index in [1.54, 1.807) is 6.07 Å². The van der Waals surface area contributed by atoms with E-state index in [2.05, 4.69) is 15.9 Å². The van der Waals surface area contributed by atoms with E-state index < -0.39 is 12.0 Å². The molecule has 1 aromatic rings. The van der Waals surface area contributed by atoms with E-state index in [1.165, 1.54) is 0 Å². The van der Waals surface area contributed by atoms with Crippen molar-refractivity contribution in [1.29, 1.82) is 0 Å². The average molecular weight is 288 g/mol. The van der Waals surface area contributed by atoms with Gasteiger partial charge in [-0.05, 0) is 12.1 Å². The van der Waals surface area contributed by atoms with Gasteiger partial charge in [-0.3, -0.25) is 4.79 Å². The van der Waals surface area contributed by atoms with E-state index in [9.17, 15) is 4.79 Å². The van der Waals surface area contributed by atoms with Crippen molar-refractivity contribution < 1.29 is 19.4 Å². The fraction of sp³-hybridized carbons (Fsp3) is 0.300. The molecule has 0 bridgehead atoms. The number of carboxylic acid groups (broad SMARTS) is 1. The van der Waals surface area contributed by atoms with E-state index in [1.807, 2.05) is 6.07 Å². The molecule has 3 N–H and O–H groups in total. The number of hydrogen-bond donors (Lipinski definition) is 2. The van der Waals surface area contributed by atoms with Gasteiger partial charge in [-0.1, -0.05) is 15.9 Å². The largest absolute Gasteiger partial charge is 0.480 e. The number of aliphatic carboxylic acids is 1. The second kappa shape index (κ2) is 4.40. The van der Waals surface area contributed by atoms with Crippen molar-refractivity contribution in [2.45, 2.75) is 12.6 Å². The molecule has 2 rings (SSSR count). The first kappa shape index (κ1) is 11.4. The van der Waals surface area contributed by atoms with Gasteiger partial charge in [-0.25, -0.2) is 0 Å². The molecule has 0 fully saturated rings. The molecule has 0 spiro atoms. The molecule has 0 radical (unpaired) electrons. The molecule has 0 saturated heterocycles. The molecule has 1 atom stereocenters. The number of nitrogens with two attached hydrogens (primary N) is 1. The summed E-state index contributed by atoms with van der Waals surface area (Å²) in [6, 6.07) is 2.39. The molecule has 1 aliphatic rings. The standard InChI is InChI=1S/C10H10BrNO4/c11-6-1-5-3-15-4-16-9(5)7(2-6)8(12)10(13)14/h1-2,8H,3-4,12H2,(H,13,14). The highest BCUT2D eigenvalue weighted by atomic mass is 79.9. The van der Waals surface area contributed by atoms with Gasteiger partial charge in [0.25, 0.3) is 0 Å². The highest BCUT2D eigenvalue weighted by molar-refractivity contribution is 9.10. The molecule has 0 amide bonds. The van der Waals surface area contributed by atoms with Crippen LogP contribution in [0.5, 0.6) is 5.75 Å². The third kappa shape index (κ3) is 2.04. The van der Waals surface area contributed by atoms with Crippen LogP contribution in [0.15, 0.2) is 16.6 Å². The van der Waals surface area contributed by atoms with Gasteiger partial charge in [-0.15, -0.1) is 0 Å². The molecule has 1 aliphatic heterocycles. The number of ether oxygens (including phenoxy) is 2. The zero-order valence-corrected chi connectivity index (χ0v) is 9.86. The quantitative estimate of drug-likeness (QED) is 0.859. The zero-order chi connectivity index (χ0) is 11.7. The number of fused-ring (bicyclic) bond motifs is 1. The van der Waals surface area contributed by atoms with Gasteiger partial charge in [0.1, 0.15) is 11.8 Å². The Kier molecular flexibility index (Phi) is 3.13. The van der Waals surface area contributed by atoms with Gasteiger partial charge in [-0.2, -0.15) is 0 Å². The molecule has 86 valence electrons. The summed E-state index contributed by atoms with van der Waals surface area (Å²) >= 11 is 3.30. The number of benzene rings is 1. The Morgan fingerprint density at radius 3 is 3.00 bits per heavy atom. The molecule has 5 nitrogen and oxygen atoms in total. The van der Waals surface area contributed by atoms with E-state index in [4.69, 9.17) is 20.3 Å². The fourth-order valence-corrected chi connectivity index (χ4v) is 2.10. The predicted octanol–water partition coefficient (Wildman–Crippen LogP) is 1.40. The molecule has 0 saturated carbocycles. The highest BCUT2D eigenvalue weighted by Gasteiger charge is 2.24. The Morgan fingerprint density at radius 2 is 2.31 bits per heavy atom. The maximum Gasteiger partial charge on any atom is 0.325 e. The monoisotopic (exact) mass is 287 g/mol. The number of rotatable bonds is 2. The van der Waals surface area contributed by atoms with Gasteiger partial charge in [0.2, 0.25) is 0 Å². The number of carbonyl (C=O) groups is 1. The van der Waals surface area contributed by atoms with Gasteiger partial charge in [0.05, 0.1) is 6.61 Å². The summed E-state index contributed by atoms with van der Waals surface area (Å²) in [4.78, 5) is 10.9. The van der Waals surface area contributed by atoms with Crippen LogP contribution in [0.3, 0.4) is 0 Å². The minimum Gasteiger partial charge on any atom is -0.480 e. The molecule has 1 aromatic carbocycles. The van der Waals surface area contributed by atoms with E-state index in [0.717, 1.165) is 10.0 Å². The molecule has 16 heavy (non-hydrogen) atoms. The lowest BCUT2D eigenvalue weighted by molar-refractivity contribution is -0.138. The Morgan fingerprint density at radius 1 is 1.56 bits per heavy atom. The summed E-state index contributed by atoms with van der Waals surface area (Å²) < 4.78 is 11.2. The van der Waals surface area contributed by atoms with Crippen molar-refractivity contribution in [3.63, 3.8) is 0 Å². The summed E-state index contributed by atoms with van der Waals surface area (Å²) in [5, 5.41) is 8.90. The molecule has 1 unspecified atom stereocenters. The predicted molar refractivity (Wildman–Crippen MR) is 59.0 cm³/mol. The minimum absolute atomic E-state index is 0.119. The maximum atomic E-state index is 10.9. The van der Waals surface area contributed by atoms with Crippen LogP contribution in [0, 0.1) is 0 Å². The second-order valence-corrected chi connectivity index (χ2v) is 4.33. The van der Waals surface area contributed by atoms with Crippen molar-refractivity contribution in [3.8, 4) is 5.75 Å². The molecule has 0 aliphatic carbocycles. The van der Waals surface area contributed by atoms with Crippen LogP contribution in [0.2, 0.25) is 0 Å². The van der Waals surface area contributed by atoms with Crippen LogP contribution < -0.4 is 10.5 Å². The summed E-state index contributed by atoms with van der Waals surface area (Å²) in [6.45, 7) is 0.516. The molecule has 0 aromatic heterocycles. The van der Waals surface area contributed by atoms with Crippen molar-refractivity contribution in [1.82, 2.24) is 0 Å². The Balaban J connectivity index is 2.51. The first-order valence-electron chi connectivity index (χ1n) is 4.61. The van der Waals surface area contributed by atoms with Crippen LogP contribution in [-0.4, -0.2) is 17.9 Å². The zero-order valence-electron chi connectivity index (χ0n) is 8.27. The van der Waals surface area contributed by atoms with Gasteiger partial charge in [0.15, 0.2) is 6.79 Å². The average Bonchev–Trinajstić information content (AvgIpc) is 2.26. The lowest BCUT2D eigenvalue weighted by Crippen LogP contribution is -2.23. The van der Waals surface area contributed by atoms with Gasteiger partial charge < -0.3 is 20.3 Å². The summed E-state index contributed by atoms with van der Waals surface area (Å²) in [6.07, 6.45) is 0. The number of carboxylic acids is 1. The Hall–Kier alpha value is -1.11. The fourth-order valence-electron chi connectivity index (χ4n) is 1.57. The summed E-state index contributed by atoms with van der Waals surface area (Å²) in [5.41, 5.74) is 6.85. The number of hydrogen-bond acceptors (Lipinski definition) is 4. The molecular weight excluding hydrogens is 278 g/mol. The summed E-state index contributed by atoms with van der Waals surface area (Å²) in [5.74, 6) is -0.570. The van der Waals surface area contributed by atoms with E-state index in [-0.39, 0.29) is 6.79 Å². The Labute approximate surface area is 100 Å². The van der Waals surface area contributed by atoms with Crippen LogP contribution in [0.4, 0.5) is 0 Å². The third-order valence-electron chi connectivity index (χ3n) is 2.30. The normalized spacial score (nSPS) is 16.1. The van der Waals surface area contributed by atoms with Crippen LogP contribution in [0.25, 0.3) is 0 Å². The van der Waals surface area contributed by atoms with Crippen LogP contribution in [-0.2, 0) is 16.1 Å². The number of halogens is 1. The molecule has 1 heterocycles. The highest BCUT2D eigenvalue weighted by Crippen LogP contribution is 2.34. The first-order valence-corrected chi connectivity index (χ1v) is 5.40. The smallest absolute Gasteiger partial charge is 0.325 e. The van der Waals surface area contributed by atoms with Gasteiger partial charge >= 0.3 is 5.97 Å². The van der Waals surface area contributed by atoms with Crippen molar-refractivity contribution in [2.75, 3.05) is 6.79 Å². The topological polar surface area (TPSA) is 81.8 Å². The second-order valence-electron chi connectivity index (χ2n) is 3.41. The maximum absolute atomic E-state index is 10.9. The van der Waals surface area contributed by atoms with Gasteiger partial charge in [0, 0.05) is 15.6 Å². The lowest BCUT2D eigenvalue weighted by Gasteiger charge is -2.22. The van der Waals surface area contributed by atoms with Crippen molar-refractivity contribution in [2.24, 2.45) is 5.73 Å². The molecular formula is C10H10BrNO4. The first-order chi connectivity index (χ1) is 7.59. The Bertz CT molecular complexity index is 435. The van der Waals surface area contributed by atoms with Crippen LogP contribution in [0.1, 0.15) is 17.2 Å². The molecule has 6 heteroatoms. The van der Waals surface area contributed by atoms with E-state index in [0.29, 0.717) is 17.9 Å². The summed E-state index contributed by atoms with van der Waals surface area (Å²) in [7, 11) is 0. The third-order valence-corrected chi connectivity index (χ3v) is 2.76. The lowest BCUT2D eigenvalue weighted by atomic mass is 10.0. The van der Waals surface area contributed by atoms with E-state index >= 15 is 0 Å². The van der Waals surface area contributed by atoms with Crippen LogP contribution >= 0.6 is 15.9 Å².